The Bertz CT molecular complexity index is 1430. The van der Waals surface area contributed by atoms with E-state index in [0.29, 0.717) is 22.8 Å². The average Bonchev–Trinajstić information content (AvgIpc) is 3.37. The molecule has 0 fully saturated rings. The Balaban J connectivity index is 1.55. The lowest BCUT2D eigenvalue weighted by molar-refractivity contribution is -0.137. The highest BCUT2D eigenvalue weighted by Crippen LogP contribution is 2.37. The van der Waals surface area contributed by atoms with Crippen LogP contribution in [0.5, 0.6) is 11.5 Å². The monoisotopic (exact) mass is 558 g/mol. The molecule has 1 atom stereocenters. The largest absolute Gasteiger partial charge is 0.497 e. The van der Waals surface area contributed by atoms with E-state index < -0.39 is 42.1 Å². The number of hydrogen-bond donors (Lipinski definition) is 1. The second kappa shape index (κ2) is 11.6. The third kappa shape index (κ3) is 6.16. The molecule has 3 aromatic rings. The third-order valence-corrected chi connectivity index (χ3v) is 6.33. The summed E-state index contributed by atoms with van der Waals surface area (Å²) in [5.74, 6) is -0.108. The number of benzene rings is 3. The summed E-state index contributed by atoms with van der Waals surface area (Å²) in [6.45, 7) is -0.437. The summed E-state index contributed by atoms with van der Waals surface area (Å²) in [7, 11) is 4.35. The van der Waals surface area contributed by atoms with Crippen molar-refractivity contribution in [1.82, 2.24) is 9.91 Å². The number of carbonyl (C=O) groups excluding carboxylic acids is 2. The van der Waals surface area contributed by atoms with Crippen LogP contribution in [-0.4, -0.2) is 55.4 Å². The summed E-state index contributed by atoms with van der Waals surface area (Å²) in [5, 5.41) is 8.09. The normalized spacial score (nSPS) is 14.9. The van der Waals surface area contributed by atoms with Crippen LogP contribution in [0.2, 0.25) is 0 Å². The topological polar surface area (TPSA) is 83.5 Å². The van der Waals surface area contributed by atoms with E-state index in [4.69, 9.17) is 9.47 Å². The number of anilines is 1. The molecule has 1 heterocycles. The summed E-state index contributed by atoms with van der Waals surface area (Å²) in [4.78, 5) is 27.1. The van der Waals surface area contributed by atoms with Crippen LogP contribution in [0, 0.1) is 5.82 Å². The van der Waals surface area contributed by atoms with Crippen LogP contribution in [0.15, 0.2) is 71.8 Å². The highest BCUT2D eigenvalue weighted by atomic mass is 19.4. The zero-order chi connectivity index (χ0) is 29.0. The number of nitrogens with one attached hydrogen (secondary N) is 1. The van der Waals surface area contributed by atoms with E-state index in [1.807, 2.05) is 0 Å². The molecule has 1 unspecified atom stereocenters. The molecule has 1 aliphatic rings. The van der Waals surface area contributed by atoms with Crippen molar-refractivity contribution >= 4 is 23.3 Å². The first-order valence-corrected chi connectivity index (χ1v) is 12.1. The van der Waals surface area contributed by atoms with E-state index in [9.17, 15) is 27.2 Å². The molecule has 4 rings (SSSR count). The SMILES string of the molecule is COc1ccc(C2=NN(C(=O)CN(C)C(=O)Nc3ccc(C(F)(F)F)cc3)C(c3ccccc3F)C2)c(OC)c1. The highest BCUT2D eigenvalue weighted by molar-refractivity contribution is 6.05. The zero-order valence-electron chi connectivity index (χ0n) is 21.8. The first-order valence-electron chi connectivity index (χ1n) is 12.1. The predicted octanol–water partition coefficient (Wildman–Crippen LogP) is 5.70. The van der Waals surface area contributed by atoms with Gasteiger partial charge < -0.3 is 19.7 Å². The van der Waals surface area contributed by atoms with Crippen molar-refractivity contribution in [1.29, 1.82) is 0 Å². The van der Waals surface area contributed by atoms with Crippen LogP contribution < -0.4 is 14.8 Å². The Morgan fingerprint density at radius 3 is 2.38 bits per heavy atom. The van der Waals surface area contributed by atoms with Crippen molar-refractivity contribution in [3.05, 3.63) is 89.2 Å². The van der Waals surface area contributed by atoms with Crippen molar-refractivity contribution in [2.24, 2.45) is 5.10 Å². The maximum Gasteiger partial charge on any atom is 0.416 e. The number of ether oxygens (including phenoxy) is 2. The quantitative estimate of drug-likeness (QED) is 0.377. The van der Waals surface area contributed by atoms with Gasteiger partial charge >= 0.3 is 12.2 Å². The van der Waals surface area contributed by atoms with Crippen molar-refractivity contribution in [3.8, 4) is 11.5 Å². The van der Waals surface area contributed by atoms with Gasteiger partial charge in [0.05, 0.1) is 31.5 Å². The van der Waals surface area contributed by atoms with Gasteiger partial charge in [0, 0.05) is 36.3 Å². The number of halogens is 4. The second-order valence-electron chi connectivity index (χ2n) is 8.95. The molecule has 8 nitrogen and oxygen atoms in total. The van der Waals surface area contributed by atoms with Crippen LogP contribution in [0.1, 0.15) is 29.2 Å². The fourth-order valence-electron chi connectivity index (χ4n) is 4.24. The summed E-state index contributed by atoms with van der Waals surface area (Å²) >= 11 is 0. The minimum atomic E-state index is -4.51. The van der Waals surface area contributed by atoms with E-state index in [-0.39, 0.29) is 17.7 Å². The van der Waals surface area contributed by atoms with Crippen LogP contribution >= 0.6 is 0 Å². The summed E-state index contributed by atoms with van der Waals surface area (Å²) in [5.41, 5.74) is 0.573. The number of rotatable bonds is 7. The molecular formula is C28H26F4N4O4. The molecule has 0 spiro atoms. The van der Waals surface area contributed by atoms with Gasteiger partial charge in [-0.2, -0.15) is 18.3 Å². The Kier molecular flexibility index (Phi) is 8.26. The number of hydrogen-bond acceptors (Lipinski definition) is 5. The first-order chi connectivity index (χ1) is 19.0. The molecule has 3 aromatic carbocycles. The van der Waals surface area contributed by atoms with Crippen LogP contribution in [0.25, 0.3) is 0 Å². The van der Waals surface area contributed by atoms with Gasteiger partial charge in [0.2, 0.25) is 0 Å². The van der Waals surface area contributed by atoms with Gasteiger partial charge in [-0.25, -0.2) is 14.2 Å². The Morgan fingerprint density at radius 1 is 1.05 bits per heavy atom. The standard InChI is InChI=1S/C28H26F4N4O4/c1-35(27(38)33-18-10-8-17(9-11-18)28(30,31)32)16-26(37)36-24(20-6-4-5-7-22(20)29)15-23(34-36)21-13-12-19(39-2)14-25(21)40-3/h4-14,24H,15-16H2,1-3H3,(H,33,38). The highest BCUT2D eigenvalue weighted by Gasteiger charge is 2.36. The second-order valence-corrected chi connectivity index (χ2v) is 8.95. The Hall–Kier alpha value is -4.61. The first kappa shape index (κ1) is 28.4. The Labute approximate surface area is 227 Å². The summed E-state index contributed by atoms with van der Waals surface area (Å²) < 4.78 is 64.0. The van der Waals surface area contributed by atoms with Gasteiger partial charge in [0.15, 0.2) is 0 Å². The maximum atomic E-state index is 14.8. The minimum absolute atomic E-state index is 0.120. The lowest BCUT2D eigenvalue weighted by Crippen LogP contribution is -2.41. The number of carbonyl (C=O) groups is 2. The number of likely N-dealkylation sites (N-methyl/N-ethyl adjacent to an activating group) is 1. The van der Waals surface area contributed by atoms with E-state index in [2.05, 4.69) is 10.4 Å². The molecule has 0 aliphatic carbocycles. The number of urea groups is 1. The average molecular weight is 559 g/mol. The molecule has 12 heteroatoms. The number of alkyl halides is 3. The van der Waals surface area contributed by atoms with Gasteiger partial charge in [0.1, 0.15) is 23.9 Å². The van der Waals surface area contributed by atoms with Crippen LogP contribution in [0.3, 0.4) is 0 Å². The van der Waals surface area contributed by atoms with Crippen molar-refractivity contribution in [3.63, 3.8) is 0 Å². The lowest BCUT2D eigenvalue weighted by Gasteiger charge is -2.25. The molecule has 0 radical (unpaired) electrons. The van der Waals surface area contributed by atoms with Gasteiger partial charge in [0.25, 0.3) is 5.91 Å². The van der Waals surface area contributed by atoms with Gasteiger partial charge in [-0.05, 0) is 42.5 Å². The summed E-state index contributed by atoms with van der Waals surface area (Å²) in [6, 6.07) is 13.5. The van der Waals surface area contributed by atoms with Gasteiger partial charge in [-0.3, -0.25) is 4.79 Å². The van der Waals surface area contributed by atoms with Crippen molar-refractivity contribution in [2.45, 2.75) is 18.6 Å². The number of methoxy groups -OCH3 is 2. The molecule has 1 N–H and O–H groups in total. The molecule has 0 aromatic heterocycles. The Morgan fingerprint density at radius 2 is 1.75 bits per heavy atom. The van der Waals surface area contributed by atoms with Crippen LogP contribution in [-0.2, 0) is 11.0 Å². The molecule has 210 valence electrons. The van der Waals surface area contributed by atoms with E-state index in [0.717, 1.165) is 34.2 Å². The van der Waals surface area contributed by atoms with Gasteiger partial charge in [-0.1, -0.05) is 18.2 Å². The summed E-state index contributed by atoms with van der Waals surface area (Å²) in [6.07, 6.45) is -4.33. The number of nitrogens with zero attached hydrogens (tertiary/aromatic N) is 3. The third-order valence-electron chi connectivity index (χ3n) is 6.33. The molecular weight excluding hydrogens is 532 g/mol. The lowest BCUT2D eigenvalue weighted by atomic mass is 9.97. The van der Waals surface area contributed by atoms with E-state index >= 15 is 0 Å². The molecule has 0 saturated carbocycles. The fraction of sp³-hybridized carbons (Fsp3) is 0.250. The molecule has 0 bridgehead atoms. The smallest absolute Gasteiger partial charge is 0.416 e. The van der Waals surface area contributed by atoms with E-state index in [1.165, 1.54) is 33.4 Å². The number of amides is 3. The maximum absolute atomic E-state index is 14.8. The van der Waals surface area contributed by atoms with Crippen molar-refractivity contribution < 1.29 is 36.6 Å². The number of hydrazone groups is 1. The molecule has 40 heavy (non-hydrogen) atoms. The van der Waals surface area contributed by atoms with Gasteiger partial charge in [-0.15, -0.1) is 0 Å². The predicted molar refractivity (Wildman–Crippen MR) is 140 cm³/mol. The van der Waals surface area contributed by atoms with E-state index in [1.54, 1.807) is 30.3 Å². The van der Waals surface area contributed by atoms with Crippen molar-refractivity contribution in [2.75, 3.05) is 33.1 Å². The minimum Gasteiger partial charge on any atom is -0.497 e. The molecule has 0 saturated heterocycles. The molecule has 1 aliphatic heterocycles. The zero-order valence-corrected chi connectivity index (χ0v) is 21.8. The molecule has 3 amide bonds. The fourth-order valence-corrected chi connectivity index (χ4v) is 4.24. The van der Waals surface area contributed by atoms with Crippen LogP contribution in [0.4, 0.5) is 28.0 Å².